The maximum atomic E-state index is 12.2. The van der Waals surface area contributed by atoms with Gasteiger partial charge in [0.25, 0.3) is 5.91 Å². The van der Waals surface area contributed by atoms with Crippen molar-refractivity contribution in [3.8, 4) is 11.8 Å². The van der Waals surface area contributed by atoms with Crippen LogP contribution in [0, 0.1) is 11.3 Å². The molecular formula is C17H24N2O2. The normalized spacial score (nSPS) is 10.2. The standard InChI is InChI=1S/C17H24N2O2/c1-4-5-6-11-19(14(2)3)17(20)13-21-16-9-7-15(12-18)8-10-16/h7-10,14H,4-6,11,13H2,1-3H3. The van der Waals surface area contributed by atoms with Gasteiger partial charge in [0.15, 0.2) is 6.61 Å². The summed E-state index contributed by atoms with van der Waals surface area (Å²) in [6, 6.07) is 9.02. The summed E-state index contributed by atoms with van der Waals surface area (Å²) in [5, 5.41) is 8.73. The van der Waals surface area contributed by atoms with Crippen molar-refractivity contribution in [2.24, 2.45) is 0 Å². The van der Waals surface area contributed by atoms with E-state index in [1.54, 1.807) is 24.3 Å². The average Bonchev–Trinajstić information content (AvgIpc) is 2.49. The summed E-state index contributed by atoms with van der Waals surface area (Å²) < 4.78 is 5.50. The summed E-state index contributed by atoms with van der Waals surface area (Å²) >= 11 is 0. The van der Waals surface area contributed by atoms with E-state index in [-0.39, 0.29) is 18.6 Å². The Bertz CT molecular complexity index is 475. The fraction of sp³-hybridized carbons (Fsp3) is 0.529. The number of rotatable bonds is 8. The summed E-state index contributed by atoms with van der Waals surface area (Å²) in [6.07, 6.45) is 3.30. The molecule has 0 aliphatic carbocycles. The van der Waals surface area contributed by atoms with Gasteiger partial charge in [-0.25, -0.2) is 0 Å². The van der Waals surface area contributed by atoms with Crippen LogP contribution >= 0.6 is 0 Å². The predicted molar refractivity (Wildman–Crippen MR) is 83.0 cm³/mol. The highest BCUT2D eigenvalue weighted by Gasteiger charge is 2.16. The minimum atomic E-state index is 0.00506. The van der Waals surface area contributed by atoms with Gasteiger partial charge < -0.3 is 9.64 Å². The van der Waals surface area contributed by atoms with Gasteiger partial charge in [0.1, 0.15) is 5.75 Å². The average molecular weight is 288 g/mol. The van der Waals surface area contributed by atoms with E-state index in [0.717, 1.165) is 25.8 Å². The number of nitrogens with zero attached hydrogens (tertiary/aromatic N) is 2. The van der Waals surface area contributed by atoms with Gasteiger partial charge in [-0.05, 0) is 44.5 Å². The van der Waals surface area contributed by atoms with E-state index in [1.165, 1.54) is 0 Å². The van der Waals surface area contributed by atoms with Gasteiger partial charge in [-0.2, -0.15) is 5.26 Å². The molecule has 1 amide bonds. The largest absolute Gasteiger partial charge is 0.484 e. The van der Waals surface area contributed by atoms with Crippen molar-refractivity contribution in [3.05, 3.63) is 29.8 Å². The van der Waals surface area contributed by atoms with Crippen LogP contribution in [0.4, 0.5) is 0 Å². The van der Waals surface area contributed by atoms with Crippen LogP contribution in [0.25, 0.3) is 0 Å². The Kier molecular flexibility index (Phi) is 7.31. The van der Waals surface area contributed by atoms with E-state index < -0.39 is 0 Å². The Morgan fingerprint density at radius 2 is 1.95 bits per heavy atom. The van der Waals surface area contributed by atoms with Crippen LogP contribution in [0.2, 0.25) is 0 Å². The third-order valence-corrected chi connectivity index (χ3v) is 3.29. The fourth-order valence-electron chi connectivity index (χ4n) is 2.06. The second-order valence-electron chi connectivity index (χ2n) is 5.31. The summed E-state index contributed by atoms with van der Waals surface area (Å²) in [5.41, 5.74) is 0.581. The SMILES string of the molecule is CCCCCN(C(=O)COc1ccc(C#N)cc1)C(C)C. The number of ether oxygens (including phenoxy) is 1. The number of amides is 1. The molecule has 0 atom stereocenters. The van der Waals surface area contributed by atoms with Crippen molar-refractivity contribution in [2.45, 2.75) is 46.1 Å². The van der Waals surface area contributed by atoms with Gasteiger partial charge in [0.2, 0.25) is 0 Å². The second kappa shape index (κ2) is 9.02. The molecule has 0 unspecified atom stereocenters. The summed E-state index contributed by atoms with van der Waals surface area (Å²) in [6.45, 7) is 7.00. The molecule has 0 heterocycles. The molecule has 0 aromatic heterocycles. The van der Waals surface area contributed by atoms with Crippen LogP contribution in [-0.2, 0) is 4.79 Å². The molecule has 0 N–H and O–H groups in total. The molecule has 1 aromatic carbocycles. The topological polar surface area (TPSA) is 53.3 Å². The highest BCUT2D eigenvalue weighted by molar-refractivity contribution is 5.78. The maximum absolute atomic E-state index is 12.2. The van der Waals surface area contributed by atoms with Crippen molar-refractivity contribution < 1.29 is 9.53 Å². The van der Waals surface area contributed by atoms with Gasteiger partial charge in [0, 0.05) is 12.6 Å². The highest BCUT2D eigenvalue weighted by Crippen LogP contribution is 2.12. The van der Waals surface area contributed by atoms with Crippen LogP contribution in [-0.4, -0.2) is 30.0 Å². The minimum absolute atomic E-state index is 0.00506. The molecule has 0 fully saturated rings. The van der Waals surface area contributed by atoms with Crippen molar-refractivity contribution in [3.63, 3.8) is 0 Å². The molecule has 0 saturated carbocycles. The lowest BCUT2D eigenvalue weighted by Crippen LogP contribution is -2.40. The van der Waals surface area contributed by atoms with Gasteiger partial charge in [-0.1, -0.05) is 19.8 Å². The summed E-state index contributed by atoms with van der Waals surface area (Å²) in [5.74, 6) is 0.616. The smallest absolute Gasteiger partial charge is 0.260 e. The monoisotopic (exact) mass is 288 g/mol. The molecule has 0 radical (unpaired) electrons. The summed E-state index contributed by atoms with van der Waals surface area (Å²) in [4.78, 5) is 14.1. The molecule has 0 bridgehead atoms. The number of hydrogen-bond acceptors (Lipinski definition) is 3. The van der Waals surface area contributed by atoms with E-state index >= 15 is 0 Å². The van der Waals surface area contributed by atoms with Crippen molar-refractivity contribution in [1.29, 1.82) is 5.26 Å². The first-order valence-electron chi connectivity index (χ1n) is 7.51. The first-order chi connectivity index (χ1) is 10.1. The van der Waals surface area contributed by atoms with E-state index in [2.05, 4.69) is 13.0 Å². The lowest BCUT2D eigenvalue weighted by atomic mass is 10.2. The molecule has 0 saturated heterocycles. The molecule has 1 rings (SSSR count). The zero-order chi connectivity index (χ0) is 15.7. The zero-order valence-corrected chi connectivity index (χ0v) is 13.1. The summed E-state index contributed by atoms with van der Waals surface area (Å²) in [7, 11) is 0. The molecule has 21 heavy (non-hydrogen) atoms. The number of hydrogen-bond donors (Lipinski definition) is 0. The van der Waals surface area contributed by atoms with E-state index in [4.69, 9.17) is 10.00 Å². The van der Waals surface area contributed by atoms with Crippen LogP contribution in [0.3, 0.4) is 0 Å². The van der Waals surface area contributed by atoms with Crippen LogP contribution in [0.5, 0.6) is 5.75 Å². The number of unbranched alkanes of at least 4 members (excludes halogenated alkanes) is 2. The lowest BCUT2D eigenvalue weighted by molar-refractivity contribution is -0.135. The van der Waals surface area contributed by atoms with E-state index in [1.807, 2.05) is 18.7 Å². The molecule has 114 valence electrons. The quantitative estimate of drug-likeness (QED) is 0.689. The van der Waals surface area contributed by atoms with Crippen molar-refractivity contribution in [1.82, 2.24) is 4.90 Å². The van der Waals surface area contributed by atoms with Gasteiger partial charge in [-0.15, -0.1) is 0 Å². The predicted octanol–water partition coefficient (Wildman–Crippen LogP) is 3.36. The highest BCUT2D eigenvalue weighted by atomic mass is 16.5. The van der Waals surface area contributed by atoms with Gasteiger partial charge in [-0.3, -0.25) is 4.79 Å². The Morgan fingerprint density at radius 1 is 1.29 bits per heavy atom. The van der Waals surface area contributed by atoms with Crippen LogP contribution in [0.1, 0.15) is 45.6 Å². The molecule has 4 heteroatoms. The van der Waals surface area contributed by atoms with Crippen molar-refractivity contribution >= 4 is 5.91 Å². The Morgan fingerprint density at radius 3 is 2.48 bits per heavy atom. The number of benzene rings is 1. The Balaban J connectivity index is 2.50. The van der Waals surface area contributed by atoms with Crippen LogP contribution < -0.4 is 4.74 Å². The molecule has 0 aliphatic heterocycles. The molecule has 0 spiro atoms. The fourth-order valence-corrected chi connectivity index (χ4v) is 2.06. The number of carbonyl (C=O) groups excluding carboxylic acids is 1. The molecule has 0 aliphatic rings. The second-order valence-corrected chi connectivity index (χ2v) is 5.31. The van der Waals surface area contributed by atoms with Gasteiger partial charge >= 0.3 is 0 Å². The number of nitriles is 1. The Hall–Kier alpha value is -2.02. The number of carbonyl (C=O) groups is 1. The minimum Gasteiger partial charge on any atom is -0.484 e. The van der Waals surface area contributed by atoms with Gasteiger partial charge in [0.05, 0.1) is 11.6 Å². The zero-order valence-electron chi connectivity index (χ0n) is 13.1. The Labute approximate surface area is 127 Å². The lowest BCUT2D eigenvalue weighted by Gasteiger charge is -2.26. The first-order valence-corrected chi connectivity index (χ1v) is 7.51. The molecule has 4 nitrogen and oxygen atoms in total. The first kappa shape index (κ1) is 17.0. The van der Waals surface area contributed by atoms with E-state index in [9.17, 15) is 4.79 Å². The molecular weight excluding hydrogens is 264 g/mol. The van der Waals surface area contributed by atoms with E-state index in [0.29, 0.717) is 11.3 Å². The third-order valence-electron chi connectivity index (χ3n) is 3.29. The molecule has 1 aromatic rings. The maximum Gasteiger partial charge on any atom is 0.260 e. The third kappa shape index (κ3) is 5.86. The van der Waals surface area contributed by atoms with Crippen LogP contribution in [0.15, 0.2) is 24.3 Å². The van der Waals surface area contributed by atoms with Crippen molar-refractivity contribution in [2.75, 3.05) is 13.2 Å².